The summed E-state index contributed by atoms with van der Waals surface area (Å²) in [6, 6.07) is 2.42. The van der Waals surface area contributed by atoms with E-state index in [1.807, 2.05) is 0 Å². The molecule has 2 nitrogen and oxygen atoms in total. The number of nitriles is 1. The lowest BCUT2D eigenvalue weighted by Crippen LogP contribution is -2.35. The first kappa shape index (κ1) is 15.5. The van der Waals surface area contributed by atoms with Crippen molar-refractivity contribution in [2.75, 3.05) is 19.6 Å². The average Bonchev–Trinajstić information content (AvgIpc) is 2.42. The molecular formula is C16H30N2. The molecule has 1 rings (SSSR count). The van der Waals surface area contributed by atoms with Crippen LogP contribution in [0.5, 0.6) is 0 Å². The number of rotatable bonds is 9. The van der Waals surface area contributed by atoms with Crippen LogP contribution in [-0.2, 0) is 0 Å². The summed E-state index contributed by atoms with van der Waals surface area (Å²) in [7, 11) is 0. The van der Waals surface area contributed by atoms with E-state index in [-0.39, 0.29) is 0 Å². The molecule has 0 aromatic rings. The Hall–Kier alpha value is -0.550. The van der Waals surface area contributed by atoms with E-state index < -0.39 is 0 Å². The number of hydrogen-bond acceptors (Lipinski definition) is 2. The van der Waals surface area contributed by atoms with Crippen molar-refractivity contribution in [3.63, 3.8) is 0 Å². The number of nitrogens with zero attached hydrogens (tertiary/aromatic N) is 2. The Labute approximate surface area is 113 Å². The molecule has 1 aliphatic heterocycles. The maximum absolute atomic E-state index is 8.94. The van der Waals surface area contributed by atoms with Gasteiger partial charge in [0.2, 0.25) is 0 Å². The minimum absolute atomic E-state index is 0.299. The van der Waals surface area contributed by atoms with Gasteiger partial charge in [-0.1, -0.05) is 51.9 Å². The molecule has 1 fully saturated rings. The predicted octanol–water partition coefficient (Wildman–Crippen LogP) is 4.36. The molecule has 1 unspecified atom stereocenters. The highest BCUT2D eigenvalue weighted by Gasteiger charge is 2.18. The van der Waals surface area contributed by atoms with Crippen LogP contribution in [0.3, 0.4) is 0 Å². The Balaban J connectivity index is 1.90. The fourth-order valence-electron chi connectivity index (χ4n) is 2.83. The van der Waals surface area contributed by atoms with Crippen molar-refractivity contribution in [1.29, 1.82) is 5.26 Å². The quantitative estimate of drug-likeness (QED) is 0.568. The van der Waals surface area contributed by atoms with Gasteiger partial charge in [0.1, 0.15) is 0 Å². The van der Waals surface area contributed by atoms with E-state index in [9.17, 15) is 0 Å². The van der Waals surface area contributed by atoms with Crippen LogP contribution in [0.15, 0.2) is 0 Å². The van der Waals surface area contributed by atoms with Gasteiger partial charge in [-0.05, 0) is 32.4 Å². The first-order valence-electron chi connectivity index (χ1n) is 7.98. The van der Waals surface area contributed by atoms with Crippen molar-refractivity contribution in [3.8, 4) is 6.07 Å². The van der Waals surface area contributed by atoms with Gasteiger partial charge in [-0.3, -0.25) is 0 Å². The number of piperidine rings is 1. The first-order chi connectivity index (χ1) is 8.86. The lowest BCUT2D eigenvalue weighted by atomic mass is 9.99. The summed E-state index contributed by atoms with van der Waals surface area (Å²) in [6.07, 6.45) is 13.4. The number of unbranched alkanes of at least 4 members (excludes halogenated alkanes) is 7. The van der Waals surface area contributed by atoms with Crippen molar-refractivity contribution in [3.05, 3.63) is 0 Å². The fraction of sp³-hybridized carbons (Fsp3) is 0.938. The Morgan fingerprint density at radius 2 is 1.72 bits per heavy atom. The zero-order chi connectivity index (χ0) is 13.1. The van der Waals surface area contributed by atoms with Crippen molar-refractivity contribution < 1.29 is 0 Å². The van der Waals surface area contributed by atoms with Crippen LogP contribution in [0.4, 0.5) is 0 Å². The molecule has 0 bridgehead atoms. The van der Waals surface area contributed by atoms with E-state index >= 15 is 0 Å². The zero-order valence-electron chi connectivity index (χ0n) is 12.2. The molecule has 0 N–H and O–H groups in total. The average molecular weight is 250 g/mol. The topological polar surface area (TPSA) is 27.0 Å². The molecule has 0 aromatic heterocycles. The van der Waals surface area contributed by atoms with Gasteiger partial charge in [0.05, 0.1) is 12.0 Å². The molecule has 0 amide bonds. The smallest absolute Gasteiger partial charge is 0.0669 e. The maximum Gasteiger partial charge on any atom is 0.0669 e. The zero-order valence-corrected chi connectivity index (χ0v) is 12.2. The van der Waals surface area contributed by atoms with Gasteiger partial charge in [-0.15, -0.1) is 0 Å². The van der Waals surface area contributed by atoms with E-state index in [1.165, 1.54) is 70.9 Å². The minimum Gasteiger partial charge on any atom is -0.302 e. The Bertz CT molecular complexity index is 232. The third kappa shape index (κ3) is 7.01. The second-order valence-corrected chi connectivity index (χ2v) is 5.74. The molecule has 1 aliphatic rings. The molecule has 0 aliphatic carbocycles. The van der Waals surface area contributed by atoms with Crippen molar-refractivity contribution in [2.45, 2.75) is 71.1 Å². The normalized spacial score (nSPS) is 20.8. The van der Waals surface area contributed by atoms with Crippen LogP contribution in [0.2, 0.25) is 0 Å². The highest BCUT2D eigenvalue weighted by Crippen LogP contribution is 2.16. The highest BCUT2D eigenvalue weighted by atomic mass is 15.1. The Morgan fingerprint density at radius 1 is 1.06 bits per heavy atom. The van der Waals surface area contributed by atoms with Crippen LogP contribution in [0.25, 0.3) is 0 Å². The van der Waals surface area contributed by atoms with Gasteiger partial charge in [0, 0.05) is 6.54 Å². The number of likely N-dealkylation sites (tertiary alicyclic amines) is 1. The van der Waals surface area contributed by atoms with Gasteiger partial charge in [0.15, 0.2) is 0 Å². The molecule has 0 radical (unpaired) electrons. The second-order valence-electron chi connectivity index (χ2n) is 5.74. The van der Waals surface area contributed by atoms with Crippen LogP contribution < -0.4 is 0 Å². The van der Waals surface area contributed by atoms with Crippen molar-refractivity contribution in [2.24, 2.45) is 5.92 Å². The fourth-order valence-corrected chi connectivity index (χ4v) is 2.83. The third-order valence-electron chi connectivity index (χ3n) is 4.02. The molecule has 0 aromatic carbocycles. The van der Waals surface area contributed by atoms with Crippen molar-refractivity contribution in [1.82, 2.24) is 4.90 Å². The van der Waals surface area contributed by atoms with Crippen LogP contribution in [0, 0.1) is 17.2 Å². The van der Waals surface area contributed by atoms with Crippen molar-refractivity contribution >= 4 is 0 Å². The summed E-state index contributed by atoms with van der Waals surface area (Å²) in [4.78, 5) is 2.49. The van der Waals surface area contributed by atoms with E-state index in [0.29, 0.717) is 5.92 Å². The number of hydrogen-bond donors (Lipinski definition) is 0. The van der Waals surface area contributed by atoms with Gasteiger partial charge >= 0.3 is 0 Å². The van der Waals surface area contributed by atoms with Gasteiger partial charge in [-0.25, -0.2) is 0 Å². The molecule has 1 saturated heterocycles. The SMILES string of the molecule is CCCCCCCCCCN1CCCC(C#N)C1. The maximum atomic E-state index is 8.94. The lowest BCUT2D eigenvalue weighted by molar-refractivity contribution is 0.196. The molecule has 0 saturated carbocycles. The summed E-state index contributed by atoms with van der Waals surface area (Å²) in [5.41, 5.74) is 0. The third-order valence-corrected chi connectivity index (χ3v) is 4.02. The standard InChI is InChI=1S/C16H30N2/c1-2-3-4-5-6-7-8-9-12-18-13-10-11-16(14-17)15-18/h16H,2-13,15H2,1H3. The van der Waals surface area contributed by atoms with E-state index in [1.54, 1.807) is 0 Å². The Kier molecular flexibility index (Phi) is 8.94. The van der Waals surface area contributed by atoms with E-state index in [2.05, 4.69) is 17.9 Å². The summed E-state index contributed by atoms with van der Waals surface area (Å²) in [6.45, 7) is 5.72. The molecule has 1 atom stereocenters. The monoisotopic (exact) mass is 250 g/mol. The summed E-state index contributed by atoms with van der Waals surface area (Å²) < 4.78 is 0. The van der Waals surface area contributed by atoms with Gasteiger partial charge in [0.25, 0.3) is 0 Å². The molecular weight excluding hydrogens is 220 g/mol. The van der Waals surface area contributed by atoms with E-state index in [0.717, 1.165) is 13.0 Å². The highest BCUT2D eigenvalue weighted by molar-refractivity contribution is 4.88. The lowest BCUT2D eigenvalue weighted by Gasteiger charge is -2.29. The summed E-state index contributed by atoms with van der Waals surface area (Å²) in [5.74, 6) is 0.299. The van der Waals surface area contributed by atoms with E-state index in [4.69, 9.17) is 5.26 Å². The van der Waals surface area contributed by atoms with Gasteiger partial charge < -0.3 is 4.90 Å². The summed E-state index contributed by atoms with van der Waals surface area (Å²) >= 11 is 0. The Morgan fingerprint density at radius 3 is 2.39 bits per heavy atom. The predicted molar refractivity (Wildman–Crippen MR) is 77.4 cm³/mol. The first-order valence-corrected chi connectivity index (χ1v) is 7.98. The van der Waals surface area contributed by atoms with Crippen LogP contribution >= 0.6 is 0 Å². The second kappa shape index (κ2) is 10.4. The van der Waals surface area contributed by atoms with Gasteiger partial charge in [-0.2, -0.15) is 5.26 Å². The molecule has 0 spiro atoms. The van der Waals surface area contributed by atoms with Crippen LogP contribution in [0.1, 0.15) is 71.1 Å². The van der Waals surface area contributed by atoms with Crippen LogP contribution in [-0.4, -0.2) is 24.5 Å². The molecule has 2 heteroatoms. The molecule has 104 valence electrons. The summed E-state index contributed by atoms with van der Waals surface area (Å²) in [5, 5.41) is 8.94. The minimum atomic E-state index is 0.299. The molecule has 18 heavy (non-hydrogen) atoms. The molecule has 1 heterocycles. The largest absolute Gasteiger partial charge is 0.302 e.